The van der Waals surface area contributed by atoms with Gasteiger partial charge in [0.1, 0.15) is 0 Å². The average Bonchev–Trinajstić information content (AvgIpc) is 3.46. The minimum atomic E-state index is -0.354. The minimum Gasteiger partial charge on any atom is -0.454 e. The van der Waals surface area contributed by atoms with Crippen molar-refractivity contribution >= 4 is 38.4 Å². The van der Waals surface area contributed by atoms with Crippen LogP contribution in [-0.2, 0) is 6.54 Å². The van der Waals surface area contributed by atoms with Crippen LogP contribution in [-0.4, -0.2) is 22.3 Å². The van der Waals surface area contributed by atoms with Gasteiger partial charge in [0.2, 0.25) is 6.79 Å². The fourth-order valence-corrected chi connectivity index (χ4v) is 5.08. The van der Waals surface area contributed by atoms with Crippen LogP contribution in [0.1, 0.15) is 10.4 Å². The van der Waals surface area contributed by atoms with Crippen LogP contribution in [0.4, 0.5) is 0 Å². The number of para-hydroxylation sites is 1. The number of ether oxygens (including phenoxy) is 2. The quantitative estimate of drug-likeness (QED) is 0.353. The molecule has 1 aliphatic heterocycles. The number of fused-ring (bicyclic) bond motifs is 3. The molecule has 0 unspecified atom stereocenters. The molecule has 0 aliphatic carbocycles. The van der Waals surface area contributed by atoms with Crippen molar-refractivity contribution in [1.82, 2.24) is 9.55 Å². The Morgan fingerprint density at radius 2 is 1.82 bits per heavy atom. The number of hydrogen-bond donors (Lipinski definition) is 0. The molecule has 7 heteroatoms. The van der Waals surface area contributed by atoms with E-state index in [0.717, 1.165) is 32.4 Å². The third kappa shape index (κ3) is 3.41. The van der Waals surface area contributed by atoms with Crippen LogP contribution >= 0.6 is 11.3 Å². The third-order valence-corrected chi connectivity index (χ3v) is 6.68. The van der Waals surface area contributed by atoms with E-state index in [1.165, 1.54) is 11.3 Å². The normalized spacial score (nSPS) is 12.9. The monoisotopic (exact) mass is 463 g/mol. The highest BCUT2D eigenvalue weighted by atomic mass is 32.1. The third-order valence-electron chi connectivity index (χ3n) is 5.64. The van der Waals surface area contributed by atoms with Gasteiger partial charge in [-0.25, -0.2) is 4.98 Å². The average molecular weight is 464 g/mol. The van der Waals surface area contributed by atoms with Gasteiger partial charge in [-0.15, -0.1) is 6.42 Å². The van der Waals surface area contributed by atoms with Crippen molar-refractivity contribution in [2.24, 2.45) is 4.99 Å². The van der Waals surface area contributed by atoms with Gasteiger partial charge in [0, 0.05) is 23.1 Å². The lowest BCUT2D eigenvalue weighted by Crippen LogP contribution is -2.16. The number of aromatic nitrogens is 2. The van der Waals surface area contributed by atoms with Gasteiger partial charge in [0.05, 0.1) is 33.5 Å². The van der Waals surface area contributed by atoms with Gasteiger partial charge < -0.3 is 14.0 Å². The van der Waals surface area contributed by atoms with Crippen LogP contribution in [0.25, 0.3) is 32.4 Å². The van der Waals surface area contributed by atoms with Crippen molar-refractivity contribution in [3.8, 4) is 35.1 Å². The van der Waals surface area contributed by atoms with Gasteiger partial charge in [-0.3, -0.25) is 4.79 Å². The van der Waals surface area contributed by atoms with Crippen molar-refractivity contribution < 1.29 is 14.3 Å². The maximum Gasteiger partial charge on any atom is 0.280 e. The number of amides is 1. The van der Waals surface area contributed by atoms with Crippen LogP contribution in [0.5, 0.6) is 11.5 Å². The first-order valence-corrected chi connectivity index (χ1v) is 11.4. The predicted molar refractivity (Wildman–Crippen MR) is 132 cm³/mol. The lowest BCUT2D eigenvalue weighted by Gasteiger charge is -2.07. The van der Waals surface area contributed by atoms with Crippen molar-refractivity contribution in [2.75, 3.05) is 6.79 Å². The van der Waals surface area contributed by atoms with E-state index in [1.807, 2.05) is 71.3 Å². The summed E-state index contributed by atoms with van der Waals surface area (Å²) in [6.45, 7) is 0.467. The van der Waals surface area contributed by atoms with Crippen LogP contribution in [0, 0.1) is 12.3 Å². The fraction of sp³-hybridized carbons (Fsp3) is 0.0741. The topological polar surface area (TPSA) is 65.7 Å². The summed E-state index contributed by atoms with van der Waals surface area (Å²) in [6.07, 6.45) is 5.64. The van der Waals surface area contributed by atoms with Gasteiger partial charge in [0.25, 0.3) is 5.91 Å². The van der Waals surface area contributed by atoms with Crippen molar-refractivity contribution in [2.45, 2.75) is 6.54 Å². The zero-order chi connectivity index (χ0) is 23.1. The largest absolute Gasteiger partial charge is 0.454 e. The van der Waals surface area contributed by atoms with E-state index in [9.17, 15) is 4.79 Å². The van der Waals surface area contributed by atoms with Crippen LogP contribution in [0.3, 0.4) is 0 Å². The molecule has 0 spiro atoms. The van der Waals surface area contributed by atoms with Crippen LogP contribution in [0.15, 0.2) is 77.8 Å². The zero-order valence-corrected chi connectivity index (χ0v) is 18.7. The molecule has 0 saturated carbocycles. The standard InChI is InChI=1S/C27H17N3O3S/c1-2-12-30-22-14-23-24(33-16-32-23)15-25(22)34-27(30)29-26(31)19-13-21(17-8-4-3-5-9-17)28-20-11-7-6-10-18(19)20/h1,3-11,13-15H,12,16H2. The lowest BCUT2D eigenvalue weighted by atomic mass is 10.0. The van der Waals surface area contributed by atoms with E-state index in [0.29, 0.717) is 21.9 Å². The van der Waals surface area contributed by atoms with Gasteiger partial charge in [-0.05, 0) is 12.1 Å². The first-order valence-electron chi connectivity index (χ1n) is 10.6. The number of carbonyl (C=O) groups is 1. The Balaban J connectivity index is 1.54. The van der Waals surface area contributed by atoms with Crippen molar-refractivity contribution in [3.05, 3.63) is 83.2 Å². The Morgan fingerprint density at radius 1 is 1.06 bits per heavy atom. The summed E-state index contributed by atoms with van der Waals surface area (Å²) in [5, 5.41) is 0.751. The summed E-state index contributed by atoms with van der Waals surface area (Å²) in [6, 6.07) is 23.0. The van der Waals surface area contributed by atoms with Gasteiger partial charge >= 0.3 is 0 Å². The van der Waals surface area contributed by atoms with Gasteiger partial charge in [-0.1, -0.05) is 65.8 Å². The van der Waals surface area contributed by atoms with Crippen molar-refractivity contribution in [1.29, 1.82) is 0 Å². The van der Waals surface area contributed by atoms with E-state index in [2.05, 4.69) is 10.9 Å². The molecule has 6 nitrogen and oxygen atoms in total. The number of rotatable bonds is 3. The van der Waals surface area contributed by atoms with E-state index in [4.69, 9.17) is 20.9 Å². The lowest BCUT2D eigenvalue weighted by molar-refractivity contribution is 0.0999. The minimum absolute atomic E-state index is 0.191. The van der Waals surface area contributed by atoms with Gasteiger partial charge in [0.15, 0.2) is 16.3 Å². The molecule has 6 rings (SSSR count). The molecule has 0 N–H and O–H groups in total. The zero-order valence-electron chi connectivity index (χ0n) is 17.9. The Bertz CT molecular complexity index is 1690. The molecule has 5 aromatic rings. The van der Waals surface area contributed by atoms with Gasteiger partial charge in [-0.2, -0.15) is 4.99 Å². The first-order chi connectivity index (χ1) is 16.7. The number of thiazole rings is 1. The molecule has 0 radical (unpaired) electrons. The molecule has 34 heavy (non-hydrogen) atoms. The summed E-state index contributed by atoms with van der Waals surface area (Å²) >= 11 is 1.39. The Labute approximate surface area is 198 Å². The molecule has 0 bridgehead atoms. The Morgan fingerprint density at radius 3 is 2.65 bits per heavy atom. The van der Waals surface area contributed by atoms with Crippen LogP contribution < -0.4 is 14.3 Å². The Hall–Kier alpha value is -4.41. The molecule has 164 valence electrons. The number of nitrogens with zero attached hydrogens (tertiary/aromatic N) is 3. The summed E-state index contributed by atoms with van der Waals surface area (Å²) in [5.41, 5.74) is 3.73. The number of carbonyl (C=O) groups excluding carboxylic acids is 1. The van der Waals surface area contributed by atoms with E-state index in [-0.39, 0.29) is 19.2 Å². The molecule has 2 aromatic heterocycles. The van der Waals surface area contributed by atoms with Crippen LogP contribution in [0.2, 0.25) is 0 Å². The molecule has 3 aromatic carbocycles. The SMILES string of the molecule is C#CCn1c(=NC(=O)c2cc(-c3ccccc3)nc3ccccc23)sc2cc3c(cc21)OCO3. The summed E-state index contributed by atoms with van der Waals surface area (Å²) in [5.74, 6) is 3.63. The maximum atomic E-state index is 13.5. The summed E-state index contributed by atoms with van der Waals surface area (Å²) in [7, 11) is 0. The summed E-state index contributed by atoms with van der Waals surface area (Å²) < 4.78 is 13.8. The molecule has 0 saturated heterocycles. The number of hydrogen-bond acceptors (Lipinski definition) is 5. The number of terminal acetylenes is 1. The highest BCUT2D eigenvalue weighted by Crippen LogP contribution is 2.37. The summed E-state index contributed by atoms with van der Waals surface area (Å²) in [4.78, 5) is 23.3. The molecule has 1 aliphatic rings. The van der Waals surface area contributed by atoms with E-state index < -0.39 is 0 Å². The molecule has 3 heterocycles. The second kappa shape index (κ2) is 8.18. The molecule has 0 fully saturated rings. The molecule has 0 atom stereocenters. The van der Waals surface area contributed by atoms with E-state index in [1.54, 1.807) is 6.07 Å². The van der Waals surface area contributed by atoms with E-state index >= 15 is 0 Å². The number of pyridine rings is 1. The second-order valence-corrected chi connectivity index (χ2v) is 8.71. The molecular weight excluding hydrogens is 446 g/mol. The fourth-order valence-electron chi connectivity index (χ4n) is 4.05. The predicted octanol–water partition coefficient (Wildman–Crippen LogP) is 5.02. The highest BCUT2D eigenvalue weighted by molar-refractivity contribution is 7.16. The molecular formula is C27H17N3O3S. The first kappa shape index (κ1) is 20.2. The number of benzene rings is 3. The maximum absolute atomic E-state index is 13.5. The molecule has 1 amide bonds. The smallest absolute Gasteiger partial charge is 0.280 e. The highest BCUT2D eigenvalue weighted by Gasteiger charge is 2.19. The Kier molecular flexibility index (Phi) is 4.86. The van der Waals surface area contributed by atoms with Crippen molar-refractivity contribution in [3.63, 3.8) is 0 Å². The second-order valence-electron chi connectivity index (χ2n) is 7.70.